The summed E-state index contributed by atoms with van der Waals surface area (Å²) in [4.78, 5) is 23.3. The zero-order valence-electron chi connectivity index (χ0n) is 11.3. The van der Waals surface area contributed by atoms with E-state index in [0.29, 0.717) is 0 Å². The van der Waals surface area contributed by atoms with Crippen molar-refractivity contribution in [3.63, 3.8) is 0 Å². The molecular formula is C13H23N3O3. The Morgan fingerprint density at radius 1 is 1.21 bits per heavy atom. The van der Waals surface area contributed by atoms with Crippen LogP contribution < -0.4 is 16.4 Å². The quantitative estimate of drug-likeness (QED) is 0.606. The van der Waals surface area contributed by atoms with Crippen LogP contribution in [0.25, 0.3) is 0 Å². The maximum atomic E-state index is 12.0. The maximum Gasteiger partial charge on any atom is 0.329 e. The Morgan fingerprint density at radius 3 is 2.37 bits per heavy atom. The van der Waals surface area contributed by atoms with Crippen LogP contribution in [0.3, 0.4) is 0 Å². The first-order valence-electron chi connectivity index (χ1n) is 7.01. The van der Waals surface area contributed by atoms with Crippen molar-refractivity contribution >= 4 is 12.0 Å². The van der Waals surface area contributed by atoms with Crippen molar-refractivity contribution in [1.82, 2.24) is 10.6 Å². The van der Waals surface area contributed by atoms with Gasteiger partial charge in [0.2, 0.25) is 0 Å². The predicted molar refractivity (Wildman–Crippen MR) is 70.7 cm³/mol. The van der Waals surface area contributed by atoms with Crippen molar-refractivity contribution in [3.05, 3.63) is 0 Å². The molecule has 6 heteroatoms. The van der Waals surface area contributed by atoms with Crippen molar-refractivity contribution in [1.29, 1.82) is 0 Å². The highest BCUT2D eigenvalue weighted by Crippen LogP contribution is 2.39. The van der Waals surface area contributed by atoms with Crippen LogP contribution in [0.2, 0.25) is 0 Å². The van der Waals surface area contributed by atoms with Gasteiger partial charge in [0.1, 0.15) is 5.54 Å². The van der Waals surface area contributed by atoms with Crippen molar-refractivity contribution in [2.24, 2.45) is 11.7 Å². The summed E-state index contributed by atoms with van der Waals surface area (Å²) in [7, 11) is 0. The van der Waals surface area contributed by atoms with E-state index in [1.807, 2.05) is 0 Å². The smallest absolute Gasteiger partial charge is 0.329 e. The molecule has 3 atom stereocenters. The van der Waals surface area contributed by atoms with Crippen LogP contribution in [0.1, 0.15) is 45.4 Å². The van der Waals surface area contributed by atoms with Crippen LogP contribution in [0, 0.1) is 5.92 Å². The molecule has 0 spiro atoms. The topological polar surface area (TPSA) is 104 Å². The average Bonchev–Trinajstić information content (AvgIpc) is 3.16. The van der Waals surface area contributed by atoms with Gasteiger partial charge in [-0.3, -0.25) is 0 Å². The number of amides is 2. The number of carboxylic acids is 1. The second-order valence-electron chi connectivity index (χ2n) is 5.94. The predicted octanol–water partition coefficient (Wildman–Crippen LogP) is 0.809. The van der Waals surface area contributed by atoms with Crippen LogP contribution >= 0.6 is 0 Å². The number of hydrogen-bond acceptors (Lipinski definition) is 3. The van der Waals surface area contributed by atoms with E-state index in [-0.39, 0.29) is 18.0 Å². The first kappa shape index (κ1) is 14.1. The number of aliphatic carboxylic acids is 1. The molecular weight excluding hydrogens is 246 g/mol. The standard InChI is InChI=1S/C13H23N3O3/c1-13(11(17)18,8-6-7-8)16-12(19)15-10-5-3-2-4-9(10)14/h8-10H,2-7,14H2,1H3,(H,17,18)(H2,15,16,19). The van der Waals surface area contributed by atoms with Gasteiger partial charge in [0.15, 0.2) is 0 Å². The van der Waals surface area contributed by atoms with E-state index in [2.05, 4.69) is 10.6 Å². The summed E-state index contributed by atoms with van der Waals surface area (Å²) in [6, 6.07) is -0.498. The molecule has 2 aliphatic carbocycles. The molecule has 2 fully saturated rings. The van der Waals surface area contributed by atoms with Crippen LogP contribution in [0.15, 0.2) is 0 Å². The van der Waals surface area contributed by atoms with Crippen LogP contribution in [-0.2, 0) is 4.79 Å². The van der Waals surface area contributed by atoms with E-state index in [0.717, 1.165) is 38.5 Å². The Kier molecular flexibility index (Phi) is 3.99. The second-order valence-corrected chi connectivity index (χ2v) is 5.94. The molecule has 108 valence electrons. The fraction of sp³-hybridized carbons (Fsp3) is 0.846. The lowest BCUT2D eigenvalue weighted by Crippen LogP contribution is -2.60. The third-order valence-electron chi connectivity index (χ3n) is 4.35. The van der Waals surface area contributed by atoms with Gasteiger partial charge in [0.05, 0.1) is 0 Å². The number of hydrogen-bond donors (Lipinski definition) is 4. The molecule has 6 nitrogen and oxygen atoms in total. The van der Waals surface area contributed by atoms with Crippen molar-refractivity contribution in [2.45, 2.75) is 63.1 Å². The Labute approximate surface area is 113 Å². The lowest BCUT2D eigenvalue weighted by Gasteiger charge is -2.32. The van der Waals surface area contributed by atoms with Gasteiger partial charge in [-0.05, 0) is 38.5 Å². The summed E-state index contributed by atoms with van der Waals surface area (Å²) >= 11 is 0. The van der Waals surface area contributed by atoms with Crippen LogP contribution in [0.4, 0.5) is 4.79 Å². The molecule has 0 aliphatic heterocycles. The molecule has 0 saturated heterocycles. The highest BCUT2D eigenvalue weighted by Gasteiger charge is 2.48. The number of carbonyl (C=O) groups excluding carboxylic acids is 1. The molecule has 3 unspecified atom stereocenters. The lowest BCUT2D eigenvalue weighted by molar-refractivity contribution is -0.144. The molecule has 0 aromatic heterocycles. The third-order valence-corrected chi connectivity index (χ3v) is 4.35. The van der Waals surface area contributed by atoms with Gasteiger partial charge in [-0.2, -0.15) is 0 Å². The van der Waals surface area contributed by atoms with Crippen LogP contribution in [0.5, 0.6) is 0 Å². The lowest BCUT2D eigenvalue weighted by atomic mass is 9.91. The van der Waals surface area contributed by atoms with Gasteiger partial charge in [0, 0.05) is 12.1 Å². The molecule has 5 N–H and O–H groups in total. The Balaban J connectivity index is 1.90. The minimum absolute atomic E-state index is 0.0310. The van der Waals surface area contributed by atoms with E-state index < -0.39 is 17.5 Å². The van der Waals surface area contributed by atoms with Gasteiger partial charge in [0.25, 0.3) is 0 Å². The van der Waals surface area contributed by atoms with Crippen molar-refractivity contribution in [2.75, 3.05) is 0 Å². The largest absolute Gasteiger partial charge is 0.480 e. The maximum absolute atomic E-state index is 12.0. The fourth-order valence-electron chi connectivity index (χ4n) is 2.77. The van der Waals surface area contributed by atoms with Gasteiger partial charge < -0.3 is 21.5 Å². The minimum Gasteiger partial charge on any atom is -0.480 e. The fourth-order valence-corrected chi connectivity index (χ4v) is 2.77. The Bertz CT molecular complexity index is 370. The minimum atomic E-state index is -1.16. The van der Waals surface area contributed by atoms with E-state index in [1.54, 1.807) is 6.92 Å². The third kappa shape index (κ3) is 3.18. The normalized spacial score (nSPS) is 30.2. The van der Waals surface area contributed by atoms with Gasteiger partial charge in [-0.1, -0.05) is 12.8 Å². The highest BCUT2D eigenvalue weighted by atomic mass is 16.4. The number of carboxylic acid groups (broad SMARTS) is 1. The summed E-state index contributed by atoms with van der Waals surface area (Å²) in [6.07, 6.45) is 5.62. The molecule has 0 radical (unpaired) electrons. The zero-order valence-corrected chi connectivity index (χ0v) is 11.3. The first-order valence-corrected chi connectivity index (χ1v) is 7.01. The molecule has 0 aromatic carbocycles. The molecule has 2 amide bonds. The van der Waals surface area contributed by atoms with Gasteiger partial charge >= 0.3 is 12.0 Å². The van der Waals surface area contributed by atoms with Crippen LogP contribution in [-0.4, -0.2) is 34.7 Å². The highest BCUT2D eigenvalue weighted by molar-refractivity contribution is 5.86. The number of urea groups is 1. The number of nitrogens with one attached hydrogen (secondary N) is 2. The molecule has 2 aliphatic rings. The van der Waals surface area contributed by atoms with Crippen molar-refractivity contribution in [3.8, 4) is 0 Å². The SMILES string of the molecule is CC(NC(=O)NC1CCCCC1N)(C(=O)O)C1CC1. The first-order chi connectivity index (χ1) is 8.93. The number of carbonyl (C=O) groups is 2. The Hall–Kier alpha value is -1.30. The summed E-state index contributed by atoms with van der Waals surface area (Å²) < 4.78 is 0. The average molecular weight is 269 g/mol. The second kappa shape index (κ2) is 5.36. The zero-order chi connectivity index (χ0) is 14.0. The van der Waals surface area contributed by atoms with E-state index in [9.17, 15) is 14.7 Å². The summed E-state index contributed by atoms with van der Waals surface area (Å²) in [5.41, 5.74) is 4.80. The number of rotatable bonds is 4. The molecule has 19 heavy (non-hydrogen) atoms. The molecule has 2 saturated carbocycles. The van der Waals surface area contributed by atoms with E-state index in [4.69, 9.17) is 5.73 Å². The van der Waals surface area contributed by atoms with Crippen molar-refractivity contribution < 1.29 is 14.7 Å². The summed E-state index contributed by atoms with van der Waals surface area (Å²) in [5.74, 6) is -0.936. The van der Waals surface area contributed by atoms with Gasteiger partial charge in [-0.15, -0.1) is 0 Å². The van der Waals surface area contributed by atoms with E-state index in [1.165, 1.54) is 0 Å². The van der Waals surface area contributed by atoms with Gasteiger partial charge in [-0.25, -0.2) is 9.59 Å². The molecule has 0 bridgehead atoms. The Morgan fingerprint density at radius 2 is 1.84 bits per heavy atom. The number of nitrogens with two attached hydrogens (primary N) is 1. The summed E-state index contributed by atoms with van der Waals surface area (Å²) in [6.45, 7) is 1.58. The monoisotopic (exact) mass is 269 g/mol. The molecule has 0 aromatic rings. The van der Waals surface area contributed by atoms with E-state index >= 15 is 0 Å². The summed E-state index contributed by atoms with van der Waals surface area (Å²) in [5, 5.41) is 14.7. The molecule has 0 heterocycles. The molecule has 2 rings (SSSR count).